The Morgan fingerprint density at radius 3 is 2.72 bits per heavy atom. The van der Waals surface area contributed by atoms with Gasteiger partial charge in [-0.15, -0.1) is 0 Å². The summed E-state index contributed by atoms with van der Waals surface area (Å²) in [6, 6.07) is 2.54. The van der Waals surface area contributed by atoms with Crippen LogP contribution in [0.25, 0.3) is 0 Å². The molecule has 5 aliphatic rings. The van der Waals surface area contributed by atoms with Crippen molar-refractivity contribution in [2.45, 2.75) is 70.2 Å². The molecular formula is C27H36N6O3. The molecule has 2 aromatic heterocycles. The second-order valence-corrected chi connectivity index (χ2v) is 11.8. The van der Waals surface area contributed by atoms with Crippen molar-refractivity contribution >= 4 is 11.6 Å². The molecule has 2 spiro atoms. The van der Waals surface area contributed by atoms with Gasteiger partial charge in [0.1, 0.15) is 12.3 Å². The first-order chi connectivity index (χ1) is 17.5. The highest BCUT2D eigenvalue weighted by atomic mass is 16.5. The number of aliphatic hydroxyl groups is 1. The van der Waals surface area contributed by atoms with Gasteiger partial charge in [-0.1, -0.05) is 0 Å². The summed E-state index contributed by atoms with van der Waals surface area (Å²) in [4.78, 5) is 19.0. The Hall–Kier alpha value is -2.49. The van der Waals surface area contributed by atoms with Crippen molar-refractivity contribution in [3.05, 3.63) is 35.4 Å². The summed E-state index contributed by atoms with van der Waals surface area (Å²) < 4.78 is 12.1. The van der Waals surface area contributed by atoms with E-state index in [2.05, 4.69) is 16.7 Å². The number of anilines is 2. The lowest BCUT2D eigenvalue weighted by atomic mass is 9.73. The van der Waals surface area contributed by atoms with Gasteiger partial charge >= 0.3 is 0 Å². The minimum atomic E-state index is -0.139. The summed E-state index contributed by atoms with van der Waals surface area (Å²) in [5.74, 6) is 2.64. The molecule has 9 nitrogen and oxygen atoms in total. The summed E-state index contributed by atoms with van der Waals surface area (Å²) in [5, 5.41) is 10.2. The summed E-state index contributed by atoms with van der Waals surface area (Å²) in [5.41, 5.74) is 9.58. The number of piperidine rings is 1. The van der Waals surface area contributed by atoms with Gasteiger partial charge in [-0.05, 0) is 50.5 Å². The predicted octanol–water partition coefficient (Wildman–Crippen LogP) is 2.04. The third-order valence-electron chi connectivity index (χ3n) is 9.53. The average molecular weight is 493 g/mol. The van der Waals surface area contributed by atoms with Crippen LogP contribution in [-0.4, -0.2) is 71.1 Å². The Morgan fingerprint density at radius 2 is 2.00 bits per heavy atom. The third kappa shape index (κ3) is 3.58. The van der Waals surface area contributed by atoms with E-state index in [1.807, 2.05) is 18.5 Å². The lowest BCUT2D eigenvalue weighted by molar-refractivity contribution is 0.0973. The number of ether oxygens (including phenoxy) is 2. The summed E-state index contributed by atoms with van der Waals surface area (Å²) in [6.07, 6.45) is 10.3. The molecule has 0 aromatic carbocycles. The molecule has 4 fully saturated rings. The van der Waals surface area contributed by atoms with Crippen LogP contribution in [-0.2, 0) is 17.8 Å². The SMILES string of the molecule is C[C@@H]1OCC2(CCN(c3ncc(Cc4ccnc5c4OC[C@@H]4CC6(CC6)CN54)nc3CO)CC2)[C@@H]1N. The van der Waals surface area contributed by atoms with Crippen LogP contribution >= 0.6 is 0 Å². The standard InChI is InChI=1S/C27H36N6O3/c1-17-23(28)27(16-36-17)5-8-32(9-6-27)24-21(13-34)31-19(12-30-24)10-18-2-7-29-25-22(18)35-14-20-11-26(3-4-26)15-33(20)25/h2,7,12,17,20,23,34H,3-6,8-11,13-16,28H2,1H3/t17-,20-,23+/m0/s1. The lowest BCUT2D eigenvalue weighted by Gasteiger charge is -2.41. The molecule has 3 atom stereocenters. The molecule has 3 N–H and O–H groups in total. The van der Waals surface area contributed by atoms with E-state index in [9.17, 15) is 5.11 Å². The maximum atomic E-state index is 10.2. The molecule has 3 saturated heterocycles. The van der Waals surface area contributed by atoms with Crippen LogP contribution in [0.1, 0.15) is 56.0 Å². The van der Waals surface area contributed by atoms with Gasteiger partial charge in [-0.3, -0.25) is 0 Å². The second-order valence-electron chi connectivity index (χ2n) is 11.8. The van der Waals surface area contributed by atoms with Crippen molar-refractivity contribution in [1.29, 1.82) is 0 Å². The monoisotopic (exact) mass is 492 g/mol. The van der Waals surface area contributed by atoms with Crippen LogP contribution in [0.2, 0.25) is 0 Å². The predicted molar refractivity (Wildman–Crippen MR) is 135 cm³/mol. The molecule has 0 unspecified atom stereocenters. The van der Waals surface area contributed by atoms with Gasteiger partial charge in [-0.2, -0.15) is 0 Å². The Kier molecular flexibility index (Phi) is 5.21. The van der Waals surface area contributed by atoms with Crippen molar-refractivity contribution in [3.8, 4) is 5.75 Å². The largest absolute Gasteiger partial charge is 0.487 e. The maximum Gasteiger partial charge on any atom is 0.172 e. The number of pyridine rings is 1. The van der Waals surface area contributed by atoms with Gasteiger partial charge in [0.2, 0.25) is 0 Å². The molecule has 192 valence electrons. The number of aromatic nitrogens is 3. The fraction of sp³-hybridized carbons (Fsp3) is 0.667. The second kappa shape index (κ2) is 8.26. The van der Waals surface area contributed by atoms with E-state index in [1.165, 1.54) is 19.3 Å². The Bertz CT molecular complexity index is 1160. The molecule has 2 aromatic rings. The van der Waals surface area contributed by atoms with E-state index >= 15 is 0 Å². The number of nitrogens with zero attached hydrogens (tertiary/aromatic N) is 5. The normalized spacial score (nSPS) is 29.4. The van der Waals surface area contributed by atoms with Crippen molar-refractivity contribution in [3.63, 3.8) is 0 Å². The number of aliphatic hydroxyl groups excluding tert-OH is 1. The molecule has 0 amide bonds. The minimum Gasteiger partial charge on any atom is -0.487 e. The molecule has 36 heavy (non-hydrogen) atoms. The Balaban J connectivity index is 1.09. The van der Waals surface area contributed by atoms with E-state index < -0.39 is 0 Å². The first-order valence-corrected chi connectivity index (χ1v) is 13.4. The first-order valence-electron chi connectivity index (χ1n) is 13.4. The van der Waals surface area contributed by atoms with Gasteiger partial charge in [0.05, 0.1) is 37.3 Å². The van der Waals surface area contributed by atoms with Crippen LogP contribution in [0.15, 0.2) is 18.5 Å². The van der Waals surface area contributed by atoms with Gasteiger partial charge < -0.3 is 30.1 Å². The maximum absolute atomic E-state index is 10.2. The zero-order valence-corrected chi connectivity index (χ0v) is 21.0. The molecule has 6 heterocycles. The van der Waals surface area contributed by atoms with Gasteiger partial charge in [0.25, 0.3) is 0 Å². The molecule has 1 saturated carbocycles. The lowest BCUT2D eigenvalue weighted by Crippen LogP contribution is -2.51. The average Bonchev–Trinajstić information content (AvgIpc) is 3.46. The zero-order valence-electron chi connectivity index (χ0n) is 21.0. The quantitative estimate of drug-likeness (QED) is 0.662. The smallest absolute Gasteiger partial charge is 0.172 e. The van der Waals surface area contributed by atoms with E-state index in [0.717, 1.165) is 74.3 Å². The van der Waals surface area contributed by atoms with Gasteiger partial charge in [-0.25, -0.2) is 15.0 Å². The summed E-state index contributed by atoms with van der Waals surface area (Å²) in [7, 11) is 0. The first kappa shape index (κ1) is 22.7. The van der Waals surface area contributed by atoms with Gasteiger partial charge in [0, 0.05) is 49.3 Å². The molecule has 9 heteroatoms. The number of hydrogen-bond acceptors (Lipinski definition) is 9. The van der Waals surface area contributed by atoms with Crippen LogP contribution in [0.3, 0.4) is 0 Å². The zero-order chi connectivity index (χ0) is 24.5. The van der Waals surface area contributed by atoms with Crippen LogP contribution < -0.4 is 20.3 Å². The highest BCUT2D eigenvalue weighted by Gasteiger charge is 2.54. The van der Waals surface area contributed by atoms with E-state index in [4.69, 9.17) is 30.2 Å². The van der Waals surface area contributed by atoms with Crippen LogP contribution in [0, 0.1) is 10.8 Å². The molecular weight excluding hydrogens is 456 g/mol. The number of nitrogens with two attached hydrogens (primary N) is 1. The highest BCUT2D eigenvalue weighted by Crippen LogP contribution is 2.57. The van der Waals surface area contributed by atoms with Crippen LogP contribution in [0.5, 0.6) is 5.75 Å². The highest BCUT2D eigenvalue weighted by molar-refractivity contribution is 5.61. The molecule has 0 radical (unpaired) electrons. The van der Waals surface area contributed by atoms with Crippen LogP contribution in [0.4, 0.5) is 11.6 Å². The van der Waals surface area contributed by atoms with E-state index in [-0.39, 0.29) is 24.2 Å². The van der Waals surface area contributed by atoms with Crippen molar-refractivity contribution in [2.24, 2.45) is 16.6 Å². The molecule has 0 bridgehead atoms. The topological polar surface area (TPSA) is 110 Å². The summed E-state index contributed by atoms with van der Waals surface area (Å²) >= 11 is 0. The Morgan fingerprint density at radius 1 is 1.17 bits per heavy atom. The molecule has 4 aliphatic heterocycles. The third-order valence-corrected chi connectivity index (χ3v) is 9.53. The molecule has 1 aliphatic carbocycles. The van der Waals surface area contributed by atoms with E-state index in [1.54, 1.807) is 0 Å². The van der Waals surface area contributed by atoms with E-state index in [0.29, 0.717) is 23.6 Å². The summed E-state index contributed by atoms with van der Waals surface area (Å²) in [6.45, 7) is 6.17. The van der Waals surface area contributed by atoms with Crippen molar-refractivity contribution < 1.29 is 14.6 Å². The van der Waals surface area contributed by atoms with Crippen molar-refractivity contribution in [2.75, 3.05) is 42.6 Å². The number of hydrogen-bond donors (Lipinski definition) is 2. The minimum absolute atomic E-state index is 0.0522. The fourth-order valence-corrected chi connectivity index (χ4v) is 7.01. The Labute approximate surface area is 212 Å². The van der Waals surface area contributed by atoms with Crippen molar-refractivity contribution in [1.82, 2.24) is 15.0 Å². The number of rotatable bonds is 4. The van der Waals surface area contributed by atoms with Gasteiger partial charge in [0.15, 0.2) is 17.4 Å². The number of fused-ring (bicyclic) bond motifs is 3. The molecule has 7 rings (SSSR count). The fourth-order valence-electron chi connectivity index (χ4n) is 7.01.